The highest BCUT2D eigenvalue weighted by Crippen LogP contribution is 2.40. The van der Waals surface area contributed by atoms with Gasteiger partial charge in [0.2, 0.25) is 10.0 Å². The highest BCUT2D eigenvalue weighted by molar-refractivity contribution is 7.89. The normalized spacial score (nSPS) is 18.1. The van der Waals surface area contributed by atoms with Crippen molar-refractivity contribution in [1.82, 2.24) is 4.31 Å². The number of benzene rings is 2. The minimum Gasteiger partial charge on any atom is -0.479 e. The van der Waals surface area contributed by atoms with Crippen molar-refractivity contribution < 1.29 is 23.1 Å². The van der Waals surface area contributed by atoms with Gasteiger partial charge in [-0.15, -0.1) is 0 Å². The third kappa shape index (κ3) is 4.67. The van der Waals surface area contributed by atoms with Crippen molar-refractivity contribution >= 4 is 44.9 Å². The fourth-order valence-electron chi connectivity index (χ4n) is 3.16. The van der Waals surface area contributed by atoms with E-state index in [4.69, 9.17) is 27.9 Å². The van der Waals surface area contributed by atoms with E-state index in [9.17, 15) is 18.3 Å². The molecular weight excluding hydrogens is 439 g/mol. The topological polar surface area (TPSA) is 95.9 Å². The van der Waals surface area contributed by atoms with Crippen LogP contribution in [0.25, 0.3) is 0 Å². The quantitative estimate of drug-likeness (QED) is 0.615. The van der Waals surface area contributed by atoms with Crippen LogP contribution in [0, 0.1) is 0 Å². The molecule has 0 saturated carbocycles. The number of halogens is 2. The molecule has 1 aliphatic heterocycles. The third-order valence-electron chi connectivity index (χ3n) is 4.46. The highest BCUT2D eigenvalue weighted by atomic mass is 35.5. The standard InChI is InChI=1S/C19H20Cl2N2O5S/c1-2-28-7-6-12-4-3-5-13(8-12)11-23-18(19(24)25)22-16-10-14(20)9-15(21)17(16)29(23,26)27/h3-5,8-10,18,22H,2,6-7,11H2,1H3,(H,24,25). The summed E-state index contributed by atoms with van der Waals surface area (Å²) in [5.74, 6) is -1.33. The molecule has 0 aliphatic carbocycles. The van der Waals surface area contributed by atoms with E-state index in [1.54, 1.807) is 12.1 Å². The number of carboxylic acids is 1. The van der Waals surface area contributed by atoms with Gasteiger partial charge >= 0.3 is 5.97 Å². The van der Waals surface area contributed by atoms with Crippen molar-refractivity contribution in [3.05, 3.63) is 57.6 Å². The molecular formula is C19H20Cl2N2O5S. The summed E-state index contributed by atoms with van der Waals surface area (Å²) in [5.41, 5.74) is 1.69. The van der Waals surface area contributed by atoms with Gasteiger partial charge in [-0.3, -0.25) is 0 Å². The number of ether oxygens (including phenoxy) is 1. The maximum Gasteiger partial charge on any atom is 0.342 e. The zero-order chi connectivity index (χ0) is 21.2. The van der Waals surface area contributed by atoms with E-state index in [1.165, 1.54) is 12.1 Å². The van der Waals surface area contributed by atoms with Crippen LogP contribution in [0.5, 0.6) is 0 Å². The van der Waals surface area contributed by atoms with E-state index in [2.05, 4.69) is 5.32 Å². The van der Waals surface area contributed by atoms with Crippen molar-refractivity contribution in [2.24, 2.45) is 0 Å². The van der Waals surface area contributed by atoms with Gasteiger partial charge in [-0.2, -0.15) is 4.31 Å². The Labute approximate surface area is 179 Å². The molecule has 1 heterocycles. The molecule has 0 radical (unpaired) electrons. The van der Waals surface area contributed by atoms with Crippen molar-refractivity contribution in [2.75, 3.05) is 18.5 Å². The average molecular weight is 459 g/mol. The first kappa shape index (κ1) is 21.9. The number of hydrogen-bond donors (Lipinski definition) is 2. The molecule has 2 N–H and O–H groups in total. The van der Waals surface area contributed by atoms with Gasteiger partial charge in [0.25, 0.3) is 0 Å². The molecule has 7 nitrogen and oxygen atoms in total. The number of carbonyl (C=O) groups is 1. The van der Waals surface area contributed by atoms with Crippen LogP contribution in [-0.4, -0.2) is 43.2 Å². The van der Waals surface area contributed by atoms with Crippen LogP contribution in [0.2, 0.25) is 10.0 Å². The smallest absolute Gasteiger partial charge is 0.342 e. The van der Waals surface area contributed by atoms with Gasteiger partial charge in [0.05, 0.1) is 17.3 Å². The van der Waals surface area contributed by atoms with E-state index in [0.29, 0.717) is 25.2 Å². The second kappa shape index (κ2) is 8.89. The molecule has 1 aliphatic rings. The van der Waals surface area contributed by atoms with E-state index >= 15 is 0 Å². The molecule has 2 aromatic rings. The second-order valence-corrected chi connectivity index (χ2v) is 9.14. The van der Waals surface area contributed by atoms with Crippen LogP contribution in [-0.2, 0) is 32.5 Å². The molecule has 156 valence electrons. The van der Waals surface area contributed by atoms with E-state index in [1.807, 2.05) is 19.1 Å². The number of rotatable bonds is 7. The van der Waals surface area contributed by atoms with Gasteiger partial charge in [0, 0.05) is 18.2 Å². The SMILES string of the molecule is CCOCCc1cccc(CN2C(C(=O)O)Nc3cc(Cl)cc(Cl)c3S2(=O)=O)c1. The maximum atomic E-state index is 13.2. The number of carboxylic acid groups (broad SMARTS) is 1. The Balaban J connectivity index is 1.97. The van der Waals surface area contributed by atoms with E-state index < -0.39 is 22.2 Å². The van der Waals surface area contributed by atoms with Crippen LogP contribution in [0.3, 0.4) is 0 Å². The maximum absolute atomic E-state index is 13.2. The van der Waals surface area contributed by atoms with E-state index in [-0.39, 0.29) is 27.2 Å². The van der Waals surface area contributed by atoms with Crippen molar-refractivity contribution in [1.29, 1.82) is 0 Å². The molecule has 3 rings (SSSR count). The first-order chi connectivity index (χ1) is 13.7. The Hall–Kier alpha value is -1.84. The number of fused-ring (bicyclic) bond motifs is 1. The molecule has 1 atom stereocenters. The lowest BCUT2D eigenvalue weighted by Gasteiger charge is -2.35. The van der Waals surface area contributed by atoms with Crippen LogP contribution in [0.4, 0.5) is 5.69 Å². The lowest BCUT2D eigenvalue weighted by molar-refractivity contribution is -0.140. The zero-order valence-corrected chi connectivity index (χ0v) is 17.9. The molecule has 0 fully saturated rings. The lowest BCUT2D eigenvalue weighted by atomic mass is 10.1. The Morgan fingerprint density at radius 3 is 2.66 bits per heavy atom. The fraction of sp³-hybridized carbons (Fsp3) is 0.316. The fourth-order valence-corrected chi connectivity index (χ4v) is 5.63. The zero-order valence-electron chi connectivity index (χ0n) is 15.6. The summed E-state index contributed by atoms with van der Waals surface area (Å²) < 4.78 is 32.7. The minimum absolute atomic E-state index is 0.0663. The predicted molar refractivity (Wildman–Crippen MR) is 111 cm³/mol. The molecule has 0 bridgehead atoms. The van der Waals surface area contributed by atoms with Gasteiger partial charge in [0.15, 0.2) is 6.17 Å². The molecule has 2 aromatic carbocycles. The second-order valence-electron chi connectivity index (χ2n) is 6.47. The van der Waals surface area contributed by atoms with Crippen molar-refractivity contribution in [3.8, 4) is 0 Å². The largest absolute Gasteiger partial charge is 0.479 e. The van der Waals surface area contributed by atoms with Gasteiger partial charge in [-0.1, -0.05) is 47.5 Å². The molecule has 0 spiro atoms. The summed E-state index contributed by atoms with van der Waals surface area (Å²) in [6, 6.07) is 9.96. The average Bonchev–Trinajstić information content (AvgIpc) is 2.63. The van der Waals surface area contributed by atoms with E-state index in [0.717, 1.165) is 9.87 Å². The summed E-state index contributed by atoms with van der Waals surface area (Å²) >= 11 is 12.1. The Morgan fingerprint density at radius 1 is 1.24 bits per heavy atom. The predicted octanol–water partition coefficient (Wildman–Crippen LogP) is 3.60. The summed E-state index contributed by atoms with van der Waals surface area (Å²) in [6.45, 7) is 2.94. The molecule has 0 aromatic heterocycles. The summed E-state index contributed by atoms with van der Waals surface area (Å²) in [4.78, 5) is 11.6. The molecule has 1 unspecified atom stereocenters. The lowest BCUT2D eigenvalue weighted by Crippen LogP contribution is -2.52. The summed E-state index contributed by atoms with van der Waals surface area (Å²) in [6.07, 6.45) is -0.823. The molecule has 29 heavy (non-hydrogen) atoms. The van der Waals surface area contributed by atoms with Crippen molar-refractivity contribution in [3.63, 3.8) is 0 Å². The van der Waals surface area contributed by atoms with Crippen LogP contribution >= 0.6 is 23.2 Å². The van der Waals surface area contributed by atoms with Crippen molar-refractivity contribution in [2.45, 2.75) is 31.0 Å². The van der Waals surface area contributed by atoms with Gasteiger partial charge in [0.1, 0.15) is 4.90 Å². The van der Waals surface area contributed by atoms with Crippen LogP contribution in [0.15, 0.2) is 41.3 Å². The first-order valence-electron chi connectivity index (χ1n) is 8.90. The number of hydrogen-bond acceptors (Lipinski definition) is 5. The molecule has 10 heteroatoms. The van der Waals surface area contributed by atoms with Gasteiger partial charge < -0.3 is 15.2 Å². The number of aliphatic carboxylic acids is 1. The minimum atomic E-state index is -4.18. The number of anilines is 1. The Morgan fingerprint density at radius 2 is 1.97 bits per heavy atom. The highest BCUT2D eigenvalue weighted by Gasteiger charge is 2.43. The Bertz CT molecular complexity index is 1030. The van der Waals surface area contributed by atoms with Gasteiger partial charge in [-0.25, -0.2) is 13.2 Å². The van der Waals surface area contributed by atoms with Crippen LogP contribution < -0.4 is 5.32 Å². The number of nitrogens with one attached hydrogen (secondary N) is 1. The summed E-state index contributed by atoms with van der Waals surface area (Å²) in [5, 5.41) is 12.5. The third-order valence-corrected chi connectivity index (χ3v) is 7.00. The molecule has 0 saturated heterocycles. The molecule has 0 amide bonds. The summed E-state index contributed by atoms with van der Waals surface area (Å²) in [7, 11) is -4.18. The number of nitrogens with zero attached hydrogens (tertiary/aromatic N) is 1. The Kier molecular flexibility index (Phi) is 6.70. The first-order valence-corrected chi connectivity index (χ1v) is 11.1. The van der Waals surface area contributed by atoms with Gasteiger partial charge in [-0.05, 0) is 36.6 Å². The van der Waals surface area contributed by atoms with Crippen LogP contribution in [0.1, 0.15) is 18.1 Å². The number of sulfonamides is 1. The monoisotopic (exact) mass is 458 g/mol.